The van der Waals surface area contributed by atoms with Gasteiger partial charge in [0.05, 0.1) is 33.1 Å². The first-order valence-electron chi connectivity index (χ1n) is 14.6. The number of hydrogen-bond acceptors (Lipinski definition) is 9. The van der Waals surface area contributed by atoms with Crippen LogP contribution in [0.25, 0.3) is 11.1 Å². The van der Waals surface area contributed by atoms with Crippen molar-refractivity contribution in [2.75, 3.05) is 38.7 Å². The summed E-state index contributed by atoms with van der Waals surface area (Å²) in [6, 6.07) is 4.34. The standard InChI is InChI=1S/C32H43N3O8S/c1-8-17(2)28(32(39)40)35-31(38)24(13-14-44-7)34-23-12-10-20-21(16-25(23)37)22(33-18(3)36)11-9-19-15-26(41-4)29(42-5)30(43-6)27(19)20/h10,12,15-17,22,24,28H,8-9,11,13-14H2,1-7H3,(H,33,36)(H,34,37)(H,35,38)(H,39,40)/t17-,22+,24+,28+/m0/s1. The van der Waals surface area contributed by atoms with Gasteiger partial charge < -0.3 is 35.3 Å². The highest BCUT2D eigenvalue weighted by Gasteiger charge is 2.31. The van der Waals surface area contributed by atoms with Crippen molar-refractivity contribution in [3.8, 4) is 28.4 Å². The molecule has 0 fully saturated rings. The topological polar surface area (TPSA) is 152 Å². The molecule has 0 aliphatic heterocycles. The van der Waals surface area contributed by atoms with Gasteiger partial charge in [0.25, 0.3) is 0 Å². The number of aryl methyl sites for hydroxylation is 1. The minimum Gasteiger partial charge on any atom is -0.493 e. The third kappa shape index (κ3) is 7.77. The minimum atomic E-state index is -1.11. The SMILES string of the molecule is CC[C@H](C)[C@@H](NC(=O)[C@@H](CCSC)Nc1ccc2c(cc1=O)[C@H](NC(C)=O)CCc1cc(OC)c(OC)c(OC)c1-2)C(=O)O. The molecule has 3 rings (SSSR count). The van der Waals surface area contributed by atoms with Crippen molar-refractivity contribution in [3.63, 3.8) is 0 Å². The number of methoxy groups -OCH3 is 3. The number of benzene rings is 1. The van der Waals surface area contributed by atoms with E-state index in [0.717, 1.165) is 5.56 Å². The van der Waals surface area contributed by atoms with Gasteiger partial charge in [0.1, 0.15) is 12.1 Å². The Labute approximate surface area is 262 Å². The number of carbonyl (C=O) groups excluding carboxylic acids is 2. The number of aliphatic carboxylic acids is 1. The Balaban J connectivity index is 2.19. The van der Waals surface area contributed by atoms with Gasteiger partial charge in [-0.1, -0.05) is 26.3 Å². The van der Waals surface area contributed by atoms with Crippen molar-refractivity contribution in [2.24, 2.45) is 5.92 Å². The second-order valence-corrected chi connectivity index (χ2v) is 11.8. The molecule has 0 saturated carbocycles. The molecule has 1 aliphatic rings. The summed E-state index contributed by atoms with van der Waals surface area (Å²) in [6.45, 7) is 5.06. The summed E-state index contributed by atoms with van der Waals surface area (Å²) in [4.78, 5) is 51.3. The average Bonchev–Trinajstić information content (AvgIpc) is 3.24. The second-order valence-electron chi connectivity index (χ2n) is 10.8. The normalized spacial score (nSPS) is 15.8. The third-order valence-corrected chi connectivity index (χ3v) is 8.59. The molecule has 0 bridgehead atoms. The Morgan fingerprint density at radius 3 is 2.36 bits per heavy atom. The lowest BCUT2D eigenvalue weighted by atomic mass is 9.95. The molecule has 4 N–H and O–H groups in total. The lowest BCUT2D eigenvalue weighted by Gasteiger charge is -2.24. The van der Waals surface area contributed by atoms with E-state index in [1.165, 1.54) is 39.0 Å². The van der Waals surface area contributed by atoms with Gasteiger partial charge in [-0.2, -0.15) is 11.8 Å². The molecule has 2 amide bonds. The summed E-state index contributed by atoms with van der Waals surface area (Å²) in [5.74, 6) is -0.210. The highest BCUT2D eigenvalue weighted by Crippen LogP contribution is 2.50. The van der Waals surface area contributed by atoms with Gasteiger partial charge in [-0.25, -0.2) is 4.79 Å². The van der Waals surface area contributed by atoms with Crippen LogP contribution in [0.5, 0.6) is 17.2 Å². The Morgan fingerprint density at radius 1 is 1.09 bits per heavy atom. The van der Waals surface area contributed by atoms with E-state index in [1.54, 1.807) is 26.2 Å². The van der Waals surface area contributed by atoms with Gasteiger partial charge in [-0.05, 0) is 72.1 Å². The maximum absolute atomic E-state index is 13.8. The molecule has 2 aromatic rings. The van der Waals surface area contributed by atoms with Crippen LogP contribution in [0.15, 0.2) is 29.1 Å². The van der Waals surface area contributed by atoms with Gasteiger partial charge in [0.2, 0.25) is 23.0 Å². The smallest absolute Gasteiger partial charge is 0.326 e. The predicted molar refractivity (Wildman–Crippen MR) is 172 cm³/mol. The lowest BCUT2D eigenvalue weighted by Crippen LogP contribution is -2.50. The molecule has 240 valence electrons. The molecule has 0 spiro atoms. The Hall–Kier alpha value is -3.93. The van der Waals surface area contributed by atoms with Crippen LogP contribution in [0.3, 0.4) is 0 Å². The molecule has 44 heavy (non-hydrogen) atoms. The van der Waals surface area contributed by atoms with Gasteiger partial charge in [0, 0.05) is 12.5 Å². The number of rotatable bonds is 14. The summed E-state index contributed by atoms with van der Waals surface area (Å²) in [6.07, 6.45) is 3.91. The largest absolute Gasteiger partial charge is 0.493 e. The molecule has 1 aliphatic carbocycles. The second kappa shape index (κ2) is 15.7. The molecule has 4 atom stereocenters. The summed E-state index contributed by atoms with van der Waals surface area (Å²) in [5, 5.41) is 18.5. The van der Waals surface area contributed by atoms with Gasteiger partial charge >= 0.3 is 5.97 Å². The van der Waals surface area contributed by atoms with E-state index < -0.39 is 30.0 Å². The number of amides is 2. The van der Waals surface area contributed by atoms with E-state index in [2.05, 4.69) is 16.0 Å². The molecule has 0 heterocycles. The number of carbonyl (C=O) groups is 3. The number of ether oxygens (including phenoxy) is 3. The quantitative estimate of drug-likeness (QED) is 0.241. The van der Waals surface area contributed by atoms with E-state index >= 15 is 0 Å². The monoisotopic (exact) mass is 629 g/mol. The highest BCUT2D eigenvalue weighted by atomic mass is 32.2. The first-order valence-corrected chi connectivity index (χ1v) is 16.0. The number of anilines is 1. The van der Waals surface area contributed by atoms with E-state index in [-0.39, 0.29) is 22.9 Å². The first-order chi connectivity index (χ1) is 21.0. The summed E-state index contributed by atoms with van der Waals surface area (Å²) >= 11 is 1.54. The molecule has 0 unspecified atom stereocenters. The Kier molecular flexibility index (Phi) is 12.3. The molecule has 2 aromatic carbocycles. The zero-order valence-electron chi connectivity index (χ0n) is 26.4. The fourth-order valence-electron chi connectivity index (χ4n) is 5.46. The number of thioether (sulfide) groups is 1. The predicted octanol–water partition coefficient (Wildman–Crippen LogP) is 4.01. The van der Waals surface area contributed by atoms with E-state index in [1.807, 2.05) is 19.2 Å². The van der Waals surface area contributed by atoms with Crippen molar-refractivity contribution in [2.45, 2.75) is 64.6 Å². The van der Waals surface area contributed by atoms with Gasteiger partial charge in [-0.15, -0.1) is 0 Å². The van der Waals surface area contributed by atoms with Gasteiger partial charge in [0.15, 0.2) is 11.5 Å². The fraction of sp³-hybridized carbons (Fsp3) is 0.500. The first kappa shape index (κ1) is 34.6. The Morgan fingerprint density at radius 2 is 1.80 bits per heavy atom. The van der Waals surface area contributed by atoms with E-state index in [4.69, 9.17) is 14.2 Å². The van der Waals surface area contributed by atoms with Crippen LogP contribution in [0, 0.1) is 5.92 Å². The van der Waals surface area contributed by atoms with Crippen LogP contribution in [-0.2, 0) is 20.8 Å². The fourth-order valence-corrected chi connectivity index (χ4v) is 5.93. The Bertz CT molecular complexity index is 1430. The zero-order valence-corrected chi connectivity index (χ0v) is 27.2. The van der Waals surface area contributed by atoms with Crippen LogP contribution < -0.4 is 35.6 Å². The number of nitrogens with one attached hydrogen (secondary N) is 3. The molecule has 11 nitrogen and oxygen atoms in total. The van der Waals surface area contributed by atoms with Crippen molar-refractivity contribution in [1.29, 1.82) is 0 Å². The molecule has 12 heteroatoms. The highest BCUT2D eigenvalue weighted by molar-refractivity contribution is 7.98. The van der Waals surface area contributed by atoms with Crippen molar-refractivity contribution >= 4 is 35.2 Å². The maximum Gasteiger partial charge on any atom is 0.326 e. The van der Waals surface area contributed by atoms with Gasteiger partial charge in [-0.3, -0.25) is 14.4 Å². The van der Waals surface area contributed by atoms with Crippen LogP contribution in [-0.4, -0.2) is 68.3 Å². The number of carboxylic acids is 1. The summed E-state index contributed by atoms with van der Waals surface area (Å²) in [7, 11) is 4.59. The van der Waals surface area contributed by atoms with Crippen LogP contribution in [0.2, 0.25) is 0 Å². The molecule has 0 saturated heterocycles. The summed E-state index contributed by atoms with van der Waals surface area (Å²) < 4.78 is 17.1. The van der Waals surface area contributed by atoms with E-state index in [9.17, 15) is 24.3 Å². The van der Waals surface area contributed by atoms with Crippen molar-refractivity contribution < 1.29 is 33.7 Å². The third-order valence-electron chi connectivity index (χ3n) is 7.95. The van der Waals surface area contributed by atoms with Crippen LogP contribution >= 0.6 is 11.8 Å². The number of carboxylic acid groups (broad SMARTS) is 1. The summed E-state index contributed by atoms with van der Waals surface area (Å²) in [5.41, 5.74) is 2.63. The van der Waals surface area contributed by atoms with Crippen molar-refractivity contribution in [3.05, 3.63) is 45.6 Å². The lowest BCUT2D eigenvalue weighted by molar-refractivity contribution is -0.143. The van der Waals surface area contributed by atoms with E-state index in [0.29, 0.717) is 65.4 Å². The number of fused-ring (bicyclic) bond motifs is 3. The van der Waals surface area contributed by atoms with Crippen molar-refractivity contribution in [1.82, 2.24) is 10.6 Å². The molecular weight excluding hydrogens is 586 g/mol. The molecule has 0 aromatic heterocycles. The maximum atomic E-state index is 13.8. The number of hydrogen-bond donors (Lipinski definition) is 4. The zero-order chi connectivity index (χ0) is 32.6. The molecule has 0 radical (unpaired) electrons. The van der Waals surface area contributed by atoms with Crippen LogP contribution in [0.4, 0.5) is 5.69 Å². The molecular formula is C32H43N3O8S. The minimum absolute atomic E-state index is 0.164. The van der Waals surface area contributed by atoms with Crippen LogP contribution in [0.1, 0.15) is 57.2 Å². The average molecular weight is 630 g/mol.